The summed E-state index contributed by atoms with van der Waals surface area (Å²) in [4.78, 5) is 2.46. The van der Waals surface area contributed by atoms with E-state index in [0.29, 0.717) is 0 Å². The van der Waals surface area contributed by atoms with Crippen molar-refractivity contribution in [3.05, 3.63) is 29.8 Å². The summed E-state index contributed by atoms with van der Waals surface area (Å²) >= 11 is 0. The lowest BCUT2D eigenvalue weighted by molar-refractivity contribution is 0.738. The van der Waals surface area contributed by atoms with Crippen molar-refractivity contribution in [2.75, 3.05) is 18.0 Å². The van der Waals surface area contributed by atoms with Gasteiger partial charge in [0, 0.05) is 24.8 Å². The van der Waals surface area contributed by atoms with E-state index in [-0.39, 0.29) is 6.04 Å². The van der Waals surface area contributed by atoms with Crippen LogP contribution in [0.25, 0.3) is 0 Å². The van der Waals surface area contributed by atoms with Gasteiger partial charge in [0.25, 0.3) is 0 Å². The topological polar surface area (TPSA) is 29.3 Å². The minimum atomic E-state index is 0.249. The van der Waals surface area contributed by atoms with Gasteiger partial charge < -0.3 is 10.6 Å². The Morgan fingerprint density at radius 1 is 1.33 bits per heavy atom. The first kappa shape index (κ1) is 10.5. The van der Waals surface area contributed by atoms with Crippen LogP contribution >= 0.6 is 0 Å². The van der Waals surface area contributed by atoms with Gasteiger partial charge in [-0.1, -0.05) is 12.1 Å². The van der Waals surface area contributed by atoms with Crippen molar-refractivity contribution in [3.8, 4) is 0 Å². The van der Waals surface area contributed by atoms with Crippen LogP contribution in [0.5, 0.6) is 0 Å². The first-order valence-electron chi connectivity index (χ1n) is 5.85. The molecule has 1 aliphatic heterocycles. The van der Waals surface area contributed by atoms with Gasteiger partial charge in [0.2, 0.25) is 0 Å². The van der Waals surface area contributed by atoms with E-state index in [2.05, 4.69) is 36.1 Å². The van der Waals surface area contributed by atoms with Crippen LogP contribution in [0.2, 0.25) is 0 Å². The van der Waals surface area contributed by atoms with E-state index in [0.717, 1.165) is 6.42 Å². The predicted molar refractivity (Wildman–Crippen MR) is 65.2 cm³/mol. The zero-order valence-electron chi connectivity index (χ0n) is 9.45. The smallest absolute Gasteiger partial charge is 0.0368 e. The second-order valence-electron chi connectivity index (χ2n) is 4.55. The molecule has 2 nitrogen and oxygen atoms in total. The van der Waals surface area contributed by atoms with Crippen molar-refractivity contribution < 1.29 is 0 Å². The molecule has 1 unspecified atom stereocenters. The average Bonchev–Trinajstić information content (AvgIpc) is 2.69. The summed E-state index contributed by atoms with van der Waals surface area (Å²) in [5, 5.41) is 0. The van der Waals surface area contributed by atoms with Crippen LogP contribution in [-0.2, 0) is 6.42 Å². The van der Waals surface area contributed by atoms with Crippen molar-refractivity contribution in [2.45, 2.75) is 32.2 Å². The predicted octanol–water partition coefficient (Wildman–Crippen LogP) is 2.18. The van der Waals surface area contributed by atoms with E-state index < -0.39 is 0 Å². The van der Waals surface area contributed by atoms with Crippen LogP contribution in [0.3, 0.4) is 0 Å². The Morgan fingerprint density at radius 3 is 2.73 bits per heavy atom. The van der Waals surface area contributed by atoms with Gasteiger partial charge >= 0.3 is 0 Å². The summed E-state index contributed by atoms with van der Waals surface area (Å²) in [5.74, 6) is 0. The van der Waals surface area contributed by atoms with Crippen LogP contribution < -0.4 is 10.6 Å². The Hall–Kier alpha value is -1.02. The molecule has 1 aliphatic rings. The van der Waals surface area contributed by atoms with Crippen molar-refractivity contribution in [3.63, 3.8) is 0 Å². The number of anilines is 1. The minimum absolute atomic E-state index is 0.249. The van der Waals surface area contributed by atoms with Gasteiger partial charge in [-0.2, -0.15) is 0 Å². The average molecular weight is 204 g/mol. The maximum Gasteiger partial charge on any atom is 0.0368 e. The first-order chi connectivity index (χ1) is 7.25. The van der Waals surface area contributed by atoms with Gasteiger partial charge in [-0.3, -0.25) is 0 Å². The van der Waals surface area contributed by atoms with E-state index in [1.165, 1.54) is 37.2 Å². The molecule has 2 rings (SSSR count). The number of nitrogens with two attached hydrogens (primary N) is 1. The molecule has 0 aliphatic carbocycles. The first-order valence-corrected chi connectivity index (χ1v) is 5.85. The maximum absolute atomic E-state index is 5.81. The van der Waals surface area contributed by atoms with Crippen LogP contribution in [0.4, 0.5) is 5.69 Å². The van der Waals surface area contributed by atoms with Gasteiger partial charge in [-0.15, -0.1) is 0 Å². The Bertz CT molecular complexity index is 314. The molecule has 1 fully saturated rings. The molecule has 2 N–H and O–H groups in total. The maximum atomic E-state index is 5.81. The van der Waals surface area contributed by atoms with Crippen LogP contribution in [0.15, 0.2) is 24.3 Å². The van der Waals surface area contributed by atoms with Crippen LogP contribution in [0, 0.1) is 0 Å². The van der Waals surface area contributed by atoms with Gasteiger partial charge in [0.1, 0.15) is 0 Å². The quantitative estimate of drug-likeness (QED) is 0.817. The molecule has 82 valence electrons. The third-order valence-corrected chi connectivity index (χ3v) is 2.94. The summed E-state index contributed by atoms with van der Waals surface area (Å²) in [6.07, 6.45) is 3.64. The lowest BCUT2D eigenvalue weighted by Gasteiger charge is -2.18. The molecule has 0 aromatic heterocycles. The highest BCUT2D eigenvalue weighted by molar-refractivity contribution is 5.49. The highest BCUT2D eigenvalue weighted by atomic mass is 15.1. The number of benzene rings is 1. The highest BCUT2D eigenvalue weighted by Gasteiger charge is 2.12. The summed E-state index contributed by atoms with van der Waals surface area (Å²) in [5.41, 5.74) is 8.54. The molecule has 15 heavy (non-hydrogen) atoms. The molecule has 0 radical (unpaired) electrons. The van der Waals surface area contributed by atoms with Crippen molar-refractivity contribution >= 4 is 5.69 Å². The standard InChI is InChI=1S/C13H20N2/c1-11(14)9-12-5-4-6-13(10-12)15-7-2-3-8-15/h4-6,10-11H,2-3,7-9,14H2,1H3. The Morgan fingerprint density at radius 2 is 2.07 bits per heavy atom. The Balaban J connectivity index is 2.11. The molecule has 0 saturated carbocycles. The fraction of sp³-hybridized carbons (Fsp3) is 0.538. The van der Waals surface area contributed by atoms with E-state index >= 15 is 0 Å². The van der Waals surface area contributed by atoms with Crippen LogP contribution in [0.1, 0.15) is 25.3 Å². The van der Waals surface area contributed by atoms with E-state index in [4.69, 9.17) is 5.73 Å². The van der Waals surface area contributed by atoms with Gasteiger partial charge in [-0.05, 0) is 43.9 Å². The SMILES string of the molecule is CC(N)Cc1cccc(N2CCCC2)c1. The molecule has 1 saturated heterocycles. The molecule has 0 spiro atoms. The molecule has 0 amide bonds. The van der Waals surface area contributed by atoms with Crippen LogP contribution in [-0.4, -0.2) is 19.1 Å². The summed E-state index contributed by atoms with van der Waals surface area (Å²) < 4.78 is 0. The number of nitrogens with zero attached hydrogens (tertiary/aromatic N) is 1. The fourth-order valence-corrected chi connectivity index (χ4v) is 2.23. The zero-order chi connectivity index (χ0) is 10.7. The molecular formula is C13H20N2. The van der Waals surface area contributed by atoms with Gasteiger partial charge in [-0.25, -0.2) is 0 Å². The normalized spacial score (nSPS) is 18.1. The molecule has 1 heterocycles. The second kappa shape index (κ2) is 4.67. The number of hydrogen-bond acceptors (Lipinski definition) is 2. The third-order valence-electron chi connectivity index (χ3n) is 2.94. The van der Waals surface area contributed by atoms with Crippen molar-refractivity contribution in [1.82, 2.24) is 0 Å². The number of rotatable bonds is 3. The highest BCUT2D eigenvalue weighted by Crippen LogP contribution is 2.21. The number of hydrogen-bond donors (Lipinski definition) is 1. The second-order valence-corrected chi connectivity index (χ2v) is 4.55. The molecule has 2 heteroatoms. The molecule has 0 bridgehead atoms. The van der Waals surface area contributed by atoms with E-state index in [9.17, 15) is 0 Å². The van der Waals surface area contributed by atoms with Crippen molar-refractivity contribution in [1.29, 1.82) is 0 Å². The lowest BCUT2D eigenvalue weighted by Crippen LogP contribution is -2.19. The third kappa shape index (κ3) is 2.72. The monoisotopic (exact) mass is 204 g/mol. The van der Waals surface area contributed by atoms with Gasteiger partial charge in [0.15, 0.2) is 0 Å². The molecule has 1 aromatic rings. The molecular weight excluding hydrogens is 184 g/mol. The molecule has 1 atom stereocenters. The fourth-order valence-electron chi connectivity index (χ4n) is 2.23. The van der Waals surface area contributed by atoms with E-state index in [1.54, 1.807) is 0 Å². The van der Waals surface area contributed by atoms with Crippen molar-refractivity contribution in [2.24, 2.45) is 5.73 Å². The summed E-state index contributed by atoms with van der Waals surface area (Å²) in [7, 11) is 0. The largest absolute Gasteiger partial charge is 0.372 e. The lowest BCUT2D eigenvalue weighted by atomic mass is 10.1. The minimum Gasteiger partial charge on any atom is -0.372 e. The van der Waals surface area contributed by atoms with Gasteiger partial charge in [0.05, 0.1) is 0 Å². The zero-order valence-corrected chi connectivity index (χ0v) is 9.45. The van der Waals surface area contributed by atoms with E-state index in [1.807, 2.05) is 0 Å². The summed E-state index contributed by atoms with van der Waals surface area (Å²) in [6, 6.07) is 9.05. The Labute approximate surface area is 92.1 Å². The molecule has 1 aromatic carbocycles. The summed E-state index contributed by atoms with van der Waals surface area (Å²) in [6.45, 7) is 4.48. The Kier molecular flexibility index (Phi) is 3.27.